The third-order valence-electron chi connectivity index (χ3n) is 5.88. The van der Waals surface area contributed by atoms with Crippen LogP contribution < -0.4 is 0 Å². The van der Waals surface area contributed by atoms with E-state index in [1.165, 1.54) is 32.1 Å². The number of rotatable bonds is 1. The van der Waals surface area contributed by atoms with E-state index in [9.17, 15) is 5.11 Å². The third kappa shape index (κ3) is 1.49. The molecule has 4 aliphatic carbocycles. The molecule has 100 valence electrons. The van der Waals surface area contributed by atoms with Crippen LogP contribution in [0.2, 0.25) is 0 Å². The molecule has 5 rings (SSSR count). The Morgan fingerprint density at radius 2 is 1.74 bits per heavy atom. The Labute approximate surface area is 113 Å². The molecule has 4 saturated carbocycles. The zero-order valence-corrected chi connectivity index (χ0v) is 11.3. The molecule has 0 amide bonds. The van der Waals surface area contributed by atoms with Gasteiger partial charge in [-0.05, 0) is 62.7 Å². The number of aromatic hydroxyl groups is 1. The van der Waals surface area contributed by atoms with E-state index in [1.807, 2.05) is 6.92 Å². The van der Waals surface area contributed by atoms with Gasteiger partial charge in [0.15, 0.2) is 5.75 Å². The maximum Gasteiger partial charge on any atom is 0.151 e. The highest BCUT2D eigenvalue weighted by Gasteiger charge is 2.49. The predicted molar refractivity (Wildman–Crippen MR) is 71.6 cm³/mol. The standard InChI is InChI=1S/C16H20N2O/c1-9-14(7-17)15(19)8-18(9)16-12-3-10-2-11(5-12)6-13(16)4-10/h8,10-13,16,19H,2-6H2,1H3. The van der Waals surface area contributed by atoms with Gasteiger partial charge in [0.1, 0.15) is 11.6 Å². The van der Waals surface area contributed by atoms with Crippen LogP contribution in [-0.2, 0) is 0 Å². The van der Waals surface area contributed by atoms with E-state index in [-0.39, 0.29) is 5.75 Å². The summed E-state index contributed by atoms with van der Waals surface area (Å²) in [6, 6.07) is 2.66. The van der Waals surface area contributed by atoms with Crippen molar-refractivity contribution in [3.05, 3.63) is 17.5 Å². The molecule has 0 radical (unpaired) electrons. The molecule has 1 aromatic heterocycles. The van der Waals surface area contributed by atoms with Crippen LogP contribution in [0.1, 0.15) is 49.4 Å². The van der Waals surface area contributed by atoms with E-state index in [4.69, 9.17) is 5.26 Å². The van der Waals surface area contributed by atoms with Crippen molar-refractivity contribution in [2.24, 2.45) is 23.7 Å². The summed E-state index contributed by atoms with van der Waals surface area (Å²) in [5.41, 5.74) is 1.42. The van der Waals surface area contributed by atoms with Crippen LogP contribution in [0.5, 0.6) is 5.75 Å². The summed E-state index contributed by atoms with van der Waals surface area (Å²) >= 11 is 0. The molecule has 4 bridgehead atoms. The first-order valence-corrected chi connectivity index (χ1v) is 7.48. The van der Waals surface area contributed by atoms with Crippen molar-refractivity contribution in [3.63, 3.8) is 0 Å². The van der Waals surface area contributed by atoms with Crippen LogP contribution in [0.4, 0.5) is 0 Å². The highest BCUT2D eigenvalue weighted by molar-refractivity contribution is 5.46. The van der Waals surface area contributed by atoms with E-state index in [1.54, 1.807) is 6.20 Å². The molecule has 19 heavy (non-hydrogen) atoms. The molecule has 0 aliphatic heterocycles. The van der Waals surface area contributed by atoms with Crippen LogP contribution in [0.25, 0.3) is 0 Å². The van der Waals surface area contributed by atoms with Crippen molar-refractivity contribution in [3.8, 4) is 11.8 Å². The Morgan fingerprint density at radius 1 is 1.16 bits per heavy atom. The van der Waals surface area contributed by atoms with Gasteiger partial charge >= 0.3 is 0 Å². The lowest BCUT2D eigenvalue weighted by Crippen LogP contribution is -2.45. The SMILES string of the molecule is Cc1c(C#N)c(O)cn1C1C2CC3CC(C2)CC1C3. The summed E-state index contributed by atoms with van der Waals surface area (Å²) in [5, 5.41) is 19.1. The highest BCUT2D eigenvalue weighted by Crippen LogP contribution is 2.58. The maximum atomic E-state index is 9.92. The van der Waals surface area contributed by atoms with Crippen LogP contribution in [-0.4, -0.2) is 9.67 Å². The molecule has 4 fully saturated rings. The summed E-state index contributed by atoms with van der Waals surface area (Å²) < 4.78 is 2.22. The Kier molecular flexibility index (Phi) is 2.27. The highest BCUT2D eigenvalue weighted by atomic mass is 16.3. The van der Waals surface area contributed by atoms with E-state index in [0.717, 1.165) is 29.4 Å². The van der Waals surface area contributed by atoms with Gasteiger partial charge in [0, 0.05) is 17.9 Å². The fraction of sp³-hybridized carbons (Fsp3) is 0.688. The molecule has 1 heterocycles. The molecule has 3 nitrogen and oxygen atoms in total. The quantitative estimate of drug-likeness (QED) is 0.837. The van der Waals surface area contributed by atoms with Gasteiger partial charge in [-0.1, -0.05) is 0 Å². The lowest BCUT2D eigenvalue weighted by Gasteiger charge is -2.55. The van der Waals surface area contributed by atoms with E-state index in [2.05, 4.69) is 10.6 Å². The number of nitriles is 1. The van der Waals surface area contributed by atoms with Crippen LogP contribution in [0.15, 0.2) is 6.20 Å². The second-order valence-electron chi connectivity index (χ2n) is 6.92. The van der Waals surface area contributed by atoms with Gasteiger partial charge in [-0.2, -0.15) is 5.26 Å². The van der Waals surface area contributed by atoms with Crippen molar-refractivity contribution in [1.82, 2.24) is 4.57 Å². The Morgan fingerprint density at radius 3 is 2.21 bits per heavy atom. The van der Waals surface area contributed by atoms with Crippen LogP contribution in [0.3, 0.4) is 0 Å². The van der Waals surface area contributed by atoms with Gasteiger partial charge < -0.3 is 9.67 Å². The van der Waals surface area contributed by atoms with E-state index < -0.39 is 0 Å². The fourth-order valence-electron chi connectivity index (χ4n) is 5.41. The lowest BCUT2D eigenvalue weighted by atomic mass is 9.54. The Balaban J connectivity index is 1.75. The average Bonchev–Trinajstić information content (AvgIpc) is 2.63. The molecule has 0 atom stereocenters. The first-order valence-electron chi connectivity index (χ1n) is 7.48. The third-order valence-corrected chi connectivity index (χ3v) is 5.88. The molecule has 1 N–H and O–H groups in total. The number of nitrogens with zero attached hydrogens (tertiary/aromatic N) is 2. The van der Waals surface area contributed by atoms with Gasteiger partial charge in [0.2, 0.25) is 0 Å². The zero-order chi connectivity index (χ0) is 13.1. The molecule has 4 aliphatic rings. The topological polar surface area (TPSA) is 48.9 Å². The van der Waals surface area contributed by atoms with Crippen molar-refractivity contribution >= 4 is 0 Å². The minimum absolute atomic E-state index is 0.161. The maximum absolute atomic E-state index is 9.92. The normalized spacial score (nSPS) is 39.5. The predicted octanol–water partition coefficient (Wildman–Crippen LogP) is 3.37. The first kappa shape index (κ1) is 11.4. The van der Waals surface area contributed by atoms with Crippen molar-refractivity contribution in [2.75, 3.05) is 0 Å². The summed E-state index contributed by atoms with van der Waals surface area (Å²) in [4.78, 5) is 0. The van der Waals surface area contributed by atoms with Crippen LogP contribution >= 0.6 is 0 Å². The average molecular weight is 256 g/mol. The molecule has 3 heteroatoms. The first-order chi connectivity index (χ1) is 9.17. The molecular formula is C16H20N2O. The molecule has 0 saturated heterocycles. The number of aromatic nitrogens is 1. The summed E-state index contributed by atoms with van der Waals surface area (Å²) in [6.07, 6.45) is 8.70. The monoisotopic (exact) mass is 256 g/mol. The Bertz CT molecular complexity index is 538. The number of hydrogen-bond acceptors (Lipinski definition) is 2. The van der Waals surface area contributed by atoms with Gasteiger partial charge in [-0.25, -0.2) is 0 Å². The van der Waals surface area contributed by atoms with E-state index in [0.29, 0.717) is 11.6 Å². The van der Waals surface area contributed by atoms with Gasteiger partial charge in [0.25, 0.3) is 0 Å². The van der Waals surface area contributed by atoms with Crippen LogP contribution in [0, 0.1) is 41.9 Å². The Hall–Kier alpha value is -1.43. The largest absolute Gasteiger partial charge is 0.505 e. The molecule has 0 unspecified atom stereocenters. The minimum atomic E-state index is 0.161. The summed E-state index contributed by atoms with van der Waals surface area (Å²) in [7, 11) is 0. The number of hydrogen-bond donors (Lipinski definition) is 1. The van der Waals surface area contributed by atoms with Crippen molar-refractivity contribution in [1.29, 1.82) is 5.26 Å². The van der Waals surface area contributed by atoms with Gasteiger partial charge in [0.05, 0.1) is 0 Å². The van der Waals surface area contributed by atoms with Crippen molar-refractivity contribution in [2.45, 2.75) is 45.1 Å². The smallest absolute Gasteiger partial charge is 0.151 e. The van der Waals surface area contributed by atoms with Gasteiger partial charge in [-0.3, -0.25) is 0 Å². The molecule has 0 aromatic carbocycles. The molecular weight excluding hydrogens is 236 g/mol. The minimum Gasteiger partial charge on any atom is -0.505 e. The summed E-state index contributed by atoms with van der Waals surface area (Å²) in [6.45, 7) is 1.98. The van der Waals surface area contributed by atoms with Crippen molar-refractivity contribution < 1.29 is 5.11 Å². The second kappa shape index (κ2) is 3.79. The second-order valence-corrected chi connectivity index (χ2v) is 6.92. The zero-order valence-electron chi connectivity index (χ0n) is 11.3. The lowest BCUT2D eigenvalue weighted by molar-refractivity contribution is -0.0297. The molecule has 0 spiro atoms. The van der Waals surface area contributed by atoms with E-state index >= 15 is 0 Å². The van der Waals surface area contributed by atoms with Gasteiger partial charge in [-0.15, -0.1) is 0 Å². The molecule has 1 aromatic rings. The summed E-state index contributed by atoms with van der Waals surface area (Å²) in [5.74, 6) is 3.62. The fourth-order valence-corrected chi connectivity index (χ4v) is 5.41.